The number of hydrogen-bond acceptors (Lipinski definition) is 2. The van der Waals surface area contributed by atoms with Crippen LogP contribution in [0.15, 0.2) is 18.2 Å². The number of nitriles is 1. The van der Waals surface area contributed by atoms with Crippen LogP contribution in [-0.4, -0.2) is 6.54 Å². The molecule has 0 bridgehead atoms. The van der Waals surface area contributed by atoms with E-state index in [-0.39, 0.29) is 0 Å². The van der Waals surface area contributed by atoms with Gasteiger partial charge in [0.1, 0.15) is 0 Å². The molecule has 1 aromatic carbocycles. The van der Waals surface area contributed by atoms with Crippen LogP contribution in [0.2, 0.25) is 5.02 Å². The fourth-order valence-corrected chi connectivity index (χ4v) is 1.49. The van der Waals surface area contributed by atoms with Gasteiger partial charge in [-0.3, -0.25) is 0 Å². The number of rotatable bonds is 3. The minimum Gasteiger partial charge on any atom is -0.384 e. The Labute approximate surface area is 88.5 Å². The summed E-state index contributed by atoms with van der Waals surface area (Å²) >= 11 is 5.99. The van der Waals surface area contributed by atoms with E-state index in [1.165, 1.54) is 12.8 Å². The quantitative estimate of drug-likeness (QED) is 0.825. The molecule has 14 heavy (non-hydrogen) atoms. The fraction of sp³-hybridized carbons (Fsp3) is 0.364. The highest BCUT2D eigenvalue weighted by atomic mass is 35.5. The van der Waals surface area contributed by atoms with Crippen LogP contribution in [0.1, 0.15) is 18.4 Å². The summed E-state index contributed by atoms with van der Waals surface area (Å²) in [6.07, 6.45) is 2.62. The molecule has 0 heterocycles. The van der Waals surface area contributed by atoms with Crippen molar-refractivity contribution in [2.75, 3.05) is 11.9 Å². The van der Waals surface area contributed by atoms with E-state index in [1.807, 2.05) is 0 Å². The second-order valence-electron chi connectivity index (χ2n) is 3.63. The van der Waals surface area contributed by atoms with Gasteiger partial charge in [-0.05, 0) is 37.0 Å². The van der Waals surface area contributed by atoms with Crippen molar-refractivity contribution < 1.29 is 0 Å². The molecule has 0 aliphatic heterocycles. The molecule has 1 N–H and O–H groups in total. The fourth-order valence-electron chi connectivity index (χ4n) is 1.31. The van der Waals surface area contributed by atoms with E-state index in [4.69, 9.17) is 16.9 Å². The number of halogens is 1. The normalized spacial score (nSPS) is 14.9. The number of anilines is 1. The zero-order valence-corrected chi connectivity index (χ0v) is 8.51. The van der Waals surface area contributed by atoms with E-state index in [1.54, 1.807) is 18.2 Å². The monoisotopic (exact) mass is 206 g/mol. The standard InChI is InChI=1S/C11H11ClN2/c12-10-4-3-9(6-13)5-11(10)14-7-8-1-2-8/h3-5,8,14H,1-2,7H2. The van der Waals surface area contributed by atoms with Crippen molar-refractivity contribution >= 4 is 17.3 Å². The van der Waals surface area contributed by atoms with Crippen molar-refractivity contribution in [1.82, 2.24) is 0 Å². The van der Waals surface area contributed by atoms with Gasteiger partial charge in [-0.15, -0.1) is 0 Å². The SMILES string of the molecule is N#Cc1ccc(Cl)c(NCC2CC2)c1. The lowest BCUT2D eigenvalue weighted by atomic mass is 10.2. The summed E-state index contributed by atoms with van der Waals surface area (Å²) in [5.74, 6) is 0.803. The molecule has 0 aromatic heterocycles. The molecule has 1 aromatic rings. The lowest BCUT2D eigenvalue weighted by Crippen LogP contribution is -2.03. The van der Waals surface area contributed by atoms with Gasteiger partial charge in [0.05, 0.1) is 22.3 Å². The van der Waals surface area contributed by atoms with Crippen molar-refractivity contribution in [3.05, 3.63) is 28.8 Å². The predicted octanol–water partition coefficient (Wildman–Crippen LogP) is 3.03. The van der Waals surface area contributed by atoms with Crippen molar-refractivity contribution in [3.8, 4) is 6.07 Å². The van der Waals surface area contributed by atoms with Gasteiger partial charge in [-0.1, -0.05) is 11.6 Å². The van der Waals surface area contributed by atoms with E-state index < -0.39 is 0 Å². The van der Waals surface area contributed by atoms with Gasteiger partial charge in [0, 0.05) is 6.54 Å². The predicted molar refractivity (Wildman–Crippen MR) is 57.4 cm³/mol. The molecule has 72 valence electrons. The van der Waals surface area contributed by atoms with Crippen LogP contribution < -0.4 is 5.32 Å². The van der Waals surface area contributed by atoms with Gasteiger partial charge in [0.2, 0.25) is 0 Å². The maximum absolute atomic E-state index is 8.72. The molecular formula is C11H11ClN2. The Morgan fingerprint density at radius 1 is 1.50 bits per heavy atom. The third-order valence-corrected chi connectivity index (χ3v) is 2.70. The summed E-state index contributed by atoms with van der Waals surface area (Å²) in [5, 5.41) is 12.7. The Morgan fingerprint density at radius 3 is 2.93 bits per heavy atom. The van der Waals surface area contributed by atoms with Crippen molar-refractivity contribution in [2.45, 2.75) is 12.8 Å². The number of nitrogens with one attached hydrogen (secondary N) is 1. The van der Waals surface area contributed by atoms with E-state index in [0.717, 1.165) is 18.2 Å². The molecule has 0 saturated heterocycles. The van der Waals surface area contributed by atoms with Crippen molar-refractivity contribution in [2.24, 2.45) is 5.92 Å². The molecule has 2 nitrogen and oxygen atoms in total. The van der Waals surface area contributed by atoms with E-state index in [2.05, 4.69) is 11.4 Å². The summed E-state index contributed by atoms with van der Waals surface area (Å²) in [7, 11) is 0. The zero-order chi connectivity index (χ0) is 9.97. The van der Waals surface area contributed by atoms with E-state index in [0.29, 0.717) is 10.6 Å². The summed E-state index contributed by atoms with van der Waals surface area (Å²) < 4.78 is 0. The van der Waals surface area contributed by atoms with Crippen LogP contribution in [0.4, 0.5) is 5.69 Å². The van der Waals surface area contributed by atoms with E-state index >= 15 is 0 Å². The van der Waals surface area contributed by atoms with Gasteiger partial charge >= 0.3 is 0 Å². The molecule has 3 heteroatoms. The number of hydrogen-bond donors (Lipinski definition) is 1. The Morgan fingerprint density at radius 2 is 2.29 bits per heavy atom. The minimum atomic E-state index is 0.646. The van der Waals surface area contributed by atoms with Crippen LogP contribution in [0, 0.1) is 17.2 Å². The maximum Gasteiger partial charge on any atom is 0.0992 e. The highest BCUT2D eigenvalue weighted by molar-refractivity contribution is 6.33. The van der Waals surface area contributed by atoms with Gasteiger partial charge in [-0.2, -0.15) is 5.26 Å². The molecule has 2 rings (SSSR count). The molecule has 0 radical (unpaired) electrons. The molecule has 1 aliphatic carbocycles. The van der Waals surface area contributed by atoms with Crippen LogP contribution >= 0.6 is 11.6 Å². The first kappa shape index (κ1) is 9.36. The van der Waals surface area contributed by atoms with Gasteiger partial charge < -0.3 is 5.32 Å². The second kappa shape index (κ2) is 3.89. The van der Waals surface area contributed by atoms with Crippen LogP contribution in [-0.2, 0) is 0 Å². The zero-order valence-electron chi connectivity index (χ0n) is 7.76. The summed E-state index contributed by atoms with van der Waals surface area (Å²) in [4.78, 5) is 0. The minimum absolute atomic E-state index is 0.646. The molecule has 0 atom stereocenters. The molecular weight excluding hydrogens is 196 g/mol. The van der Waals surface area contributed by atoms with Crippen molar-refractivity contribution in [1.29, 1.82) is 5.26 Å². The third kappa shape index (κ3) is 2.18. The first-order chi connectivity index (χ1) is 6.79. The first-order valence-electron chi connectivity index (χ1n) is 4.73. The van der Waals surface area contributed by atoms with Crippen molar-refractivity contribution in [3.63, 3.8) is 0 Å². The Kier molecular flexibility index (Phi) is 2.60. The Bertz CT molecular complexity index is 377. The molecule has 0 unspecified atom stereocenters. The summed E-state index contributed by atoms with van der Waals surface area (Å²) in [5.41, 5.74) is 1.52. The molecule has 0 amide bonds. The number of nitrogens with zero attached hydrogens (tertiary/aromatic N) is 1. The third-order valence-electron chi connectivity index (χ3n) is 2.37. The second-order valence-corrected chi connectivity index (χ2v) is 4.04. The topological polar surface area (TPSA) is 35.8 Å². The van der Waals surface area contributed by atoms with Gasteiger partial charge in [0.15, 0.2) is 0 Å². The van der Waals surface area contributed by atoms with Gasteiger partial charge in [0.25, 0.3) is 0 Å². The summed E-state index contributed by atoms with van der Waals surface area (Å²) in [6.45, 7) is 0.967. The van der Waals surface area contributed by atoms with Crippen LogP contribution in [0.25, 0.3) is 0 Å². The van der Waals surface area contributed by atoms with Crippen LogP contribution in [0.3, 0.4) is 0 Å². The number of benzene rings is 1. The van der Waals surface area contributed by atoms with E-state index in [9.17, 15) is 0 Å². The average molecular weight is 207 g/mol. The lowest BCUT2D eigenvalue weighted by molar-refractivity contribution is 0.889. The Hall–Kier alpha value is -1.20. The van der Waals surface area contributed by atoms with Crippen LogP contribution in [0.5, 0.6) is 0 Å². The molecule has 1 aliphatic rings. The largest absolute Gasteiger partial charge is 0.384 e. The highest BCUT2D eigenvalue weighted by Gasteiger charge is 2.20. The highest BCUT2D eigenvalue weighted by Crippen LogP contribution is 2.30. The molecule has 1 saturated carbocycles. The molecule has 0 spiro atoms. The summed E-state index contributed by atoms with van der Waals surface area (Å²) in [6, 6.07) is 7.38. The smallest absolute Gasteiger partial charge is 0.0992 e. The van der Waals surface area contributed by atoms with Gasteiger partial charge in [-0.25, -0.2) is 0 Å². The lowest BCUT2D eigenvalue weighted by Gasteiger charge is -2.07. The average Bonchev–Trinajstić information content (AvgIpc) is 3.00. The molecule has 1 fully saturated rings. The maximum atomic E-state index is 8.72. The Balaban J connectivity index is 2.09. The first-order valence-corrected chi connectivity index (χ1v) is 5.11.